The summed E-state index contributed by atoms with van der Waals surface area (Å²) >= 11 is 0. The molecule has 0 unspecified atom stereocenters. The van der Waals surface area contributed by atoms with E-state index in [1.165, 1.54) is 0 Å². The molecule has 2 rings (SSSR count). The van der Waals surface area contributed by atoms with Crippen LogP contribution in [0.4, 0.5) is 0 Å². The van der Waals surface area contributed by atoms with Gasteiger partial charge < -0.3 is 5.11 Å². The minimum atomic E-state index is -1.01. The fraction of sp³-hybridized carbons (Fsp3) is 0.900. The Morgan fingerprint density at radius 3 is 2.42 bits per heavy atom. The molecule has 2 aliphatic carbocycles. The topological polar surface area (TPSA) is 37.3 Å². The number of hydrogen-bond donors (Lipinski definition) is 1. The minimum absolute atomic E-state index is 0.0486. The van der Waals surface area contributed by atoms with Crippen molar-refractivity contribution in [2.24, 2.45) is 17.3 Å². The van der Waals surface area contributed by atoms with E-state index in [0.717, 1.165) is 6.42 Å². The van der Waals surface area contributed by atoms with Crippen molar-refractivity contribution in [2.45, 2.75) is 39.2 Å². The van der Waals surface area contributed by atoms with Crippen LogP contribution in [0.3, 0.4) is 0 Å². The van der Waals surface area contributed by atoms with E-state index in [9.17, 15) is 9.90 Å². The van der Waals surface area contributed by atoms with Crippen LogP contribution in [0.2, 0.25) is 0 Å². The second kappa shape index (κ2) is 1.92. The predicted octanol–water partition coefficient (Wildman–Crippen LogP) is 1.37. The molecule has 0 heterocycles. The van der Waals surface area contributed by atoms with E-state index < -0.39 is 5.60 Å². The van der Waals surface area contributed by atoms with Crippen molar-refractivity contribution < 1.29 is 9.90 Å². The van der Waals surface area contributed by atoms with E-state index in [1.54, 1.807) is 6.92 Å². The lowest BCUT2D eigenvalue weighted by Crippen LogP contribution is -2.33. The van der Waals surface area contributed by atoms with Gasteiger partial charge >= 0.3 is 0 Å². The molecule has 0 radical (unpaired) electrons. The number of ketones is 1. The smallest absolute Gasteiger partial charge is 0.164 e. The first kappa shape index (κ1) is 8.24. The Bertz CT molecular complexity index is 242. The Balaban J connectivity index is 2.28. The number of Topliss-reactive ketones (excluding diaryl/α,β-unsaturated/α-hetero) is 1. The maximum Gasteiger partial charge on any atom is 0.164 e. The van der Waals surface area contributed by atoms with Gasteiger partial charge in [0.05, 0.1) is 0 Å². The van der Waals surface area contributed by atoms with Crippen LogP contribution in [-0.4, -0.2) is 16.5 Å². The van der Waals surface area contributed by atoms with Crippen molar-refractivity contribution in [3.63, 3.8) is 0 Å². The monoisotopic (exact) mass is 168 g/mol. The zero-order valence-corrected chi connectivity index (χ0v) is 7.92. The van der Waals surface area contributed by atoms with Crippen molar-refractivity contribution in [1.82, 2.24) is 0 Å². The molecule has 0 aliphatic heterocycles. The van der Waals surface area contributed by atoms with Crippen LogP contribution >= 0.6 is 0 Å². The van der Waals surface area contributed by atoms with Crippen molar-refractivity contribution in [1.29, 1.82) is 0 Å². The normalized spacial score (nSPS) is 51.4. The first-order chi connectivity index (χ1) is 5.41. The maximum absolute atomic E-state index is 11.4. The van der Waals surface area contributed by atoms with Crippen molar-refractivity contribution in [2.75, 3.05) is 0 Å². The first-order valence-electron chi connectivity index (χ1n) is 4.67. The molecule has 0 aromatic rings. The summed E-state index contributed by atoms with van der Waals surface area (Å²) < 4.78 is 0. The van der Waals surface area contributed by atoms with Gasteiger partial charge in [-0.2, -0.15) is 0 Å². The summed E-state index contributed by atoms with van der Waals surface area (Å²) in [5, 5.41) is 9.84. The van der Waals surface area contributed by atoms with Crippen LogP contribution in [0.15, 0.2) is 0 Å². The Hall–Kier alpha value is -0.370. The molecule has 1 N–H and O–H groups in total. The Morgan fingerprint density at radius 1 is 1.58 bits per heavy atom. The fourth-order valence-corrected chi connectivity index (χ4v) is 2.79. The number of fused-ring (bicyclic) bond motifs is 1. The van der Waals surface area contributed by atoms with E-state index >= 15 is 0 Å². The van der Waals surface area contributed by atoms with Crippen LogP contribution in [0.1, 0.15) is 33.6 Å². The van der Waals surface area contributed by atoms with Crippen LogP contribution < -0.4 is 0 Å². The van der Waals surface area contributed by atoms with E-state index in [0.29, 0.717) is 12.3 Å². The molecule has 3 atom stereocenters. The lowest BCUT2D eigenvalue weighted by Gasteiger charge is -2.15. The highest BCUT2D eigenvalue weighted by Crippen LogP contribution is 2.69. The highest BCUT2D eigenvalue weighted by Gasteiger charge is 2.71. The van der Waals surface area contributed by atoms with Gasteiger partial charge in [-0.1, -0.05) is 13.8 Å². The molecule has 0 spiro atoms. The maximum atomic E-state index is 11.4. The molecule has 2 heteroatoms. The van der Waals surface area contributed by atoms with Gasteiger partial charge in [-0.25, -0.2) is 0 Å². The van der Waals surface area contributed by atoms with E-state index in [-0.39, 0.29) is 17.1 Å². The van der Waals surface area contributed by atoms with Crippen molar-refractivity contribution in [3.8, 4) is 0 Å². The molecule has 0 amide bonds. The van der Waals surface area contributed by atoms with Gasteiger partial charge in [-0.05, 0) is 24.7 Å². The van der Waals surface area contributed by atoms with Gasteiger partial charge in [-0.3, -0.25) is 4.79 Å². The summed E-state index contributed by atoms with van der Waals surface area (Å²) in [4.78, 5) is 11.4. The number of carbonyl (C=O) groups excluding carboxylic acids is 1. The molecular weight excluding hydrogens is 152 g/mol. The Labute approximate surface area is 73.0 Å². The van der Waals surface area contributed by atoms with Gasteiger partial charge in [0.1, 0.15) is 5.60 Å². The van der Waals surface area contributed by atoms with Crippen LogP contribution in [-0.2, 0) is 4.79 Å². The third-order valence-corrected chi connectivity index (χ3v) is 4.00. The van der Waals surface area contributed by atoms with Crippen molar-refractivity contribution >= 4 is 5.78 Å². The summed E-state index contributed by atoms with van der Waals surface area (Å²) in [5.74, 6) is 0.824. The van der Waals surface area contributed by atoms with Crippen molar-refractivity contribution in [3.05, 3.63) is 0 Å². The van der Waals surface area contributed by atoms with Gasteiger partial charge in [0.15, 0.2) is 5.78 Å². The van der Waals surface area contributed by atoms with Gasteiger partial charge in [0, 0.05) is 12.3 Å². The standard InChI is InChI=1S/C10H16O2/c1-6(2)10-4-7(10)9(3,12)8(11)5-10/h6-7,12H,4-5H2,1-3H3/t7-,9+,10-/m0/s1. The molecule has 0 aromatic heterocycles. The van der Waals surface area contributed by atoms with E-state index in [4.69, 9.17) is 0 Å². The predicted molar refractivity (Wildman–Crippen MR) is 45.6 cm³/mol. The second-order valence-electron chi connectivity index (χ2n) is 4.89. The molecule has 2 nitrogen and oxygen atoms in total. The third-order valence-electron chi connectivity index (χ3n) is 4.00. The summed E-state index contributed by atoms with van der Waals surface area (Å²) in [5.41, 5.74) is -0.842. The average molecular weight is 168 g/mol. The van der Waals surface area contributed by atoms with Gasteiger partial charge in [0.2, 0.25) is 0 Å². The van der Waals surface area contributed by atoms with Gasteiger partial charge in [-0.15, -0.1) is 0 Å². The largest absolute Gasteiger partial charge is 0.382 e. The Morgan fingerprint density at radius 2 is 2.17 bits per heavy atom. The lowest BCUT2D eigenvalue weighted by molar-refractivity contribution is -0.134. The molecule has 0 saturated heterocycles. The van der Waals surface area contributed by atoms with Crippen LogP contribution in [0, 0.1) is 17.3 Å². The number of rotatable bonds is 1. The van der Waals surface area contributed by atoms with Gasteiger partial charge in [0.25, 0.3) is 0 Å². The molecule has 0 bridgehead atoms. The number of hydrogen-bond acceptors (Lipinski definition) is 2. The third kappa shape index (κ3) is 0.717. The lowest BCUT2D eigenvalue weighted by atomic mass is 9.90. The summed E-state index contributed by atoms with van der Waals surface area (Å²) in [6, 6.07) is 0. The molecule has 2 saturated carbocycles. The number of carbonyl (C=O) groups is 1. The highest BCUT2D eigenvalue weighted by atomic mass is 16.3. The summed E-state index contributed by atoms with van der Waals surface area (Å²) in [6.07, 6.45) is 1.64. The SMILES string of the molecule is CC(C)[C@]12CC(=O)[C@](C)(O)[C@@H]1C2. The molecule has 12 heavy (non-hydrogen) atoms. The minimum Gasteiger partial charge on any atom is -0.382 e. The highest BCUT2D eigenvalue weighted by molar-refractivity contribution is 5.92. The van der Waals surface area contributed by atoms with Crippen LogP contribution in [0.25, 0.3) is 0 Å². The summed E-state index contributed by atoms with van der Waals surface area (Å²) in [7, 11) is 0. The molecule has 2 fully saturated rings. The zero-order valence-electron chi connectivity index (χ0n) is 7.92. The fourth-order valence-electron chi connectivity index (χ4n) is 2.79. The van der Waals surface area contributed by atoms with Crippen LogP contribution in [0.5, 0.6) is 0 Å². The zero-order chi connectivity index (χ0) is 9.15. The van der Waals surface area contributed by atoms with E-state index in [1.807, 2.05) is 0 Å². The molecule has 68 valence electrons. The molecular formula is C10H16O2. The second-order valence-corrected chi connectivity index (χ2v) is 4.89. The quantitative estimate of drug-likeness (QED) is 0.642. The average Bonchev–Trinajstić information content (AvgIpc) is 2.59. The number of aliphatic hydroxyl groups is 1. The van der Waals surface area contributed by atoms with E-state index in [2.05, 4.69) is 13.8 Å². The molecule has 2 aliphatic rings. The Kier molecular flexibility index (Phi) is 1.32. The first-order valence-corrected chi connectivity index (χ1v) is 4.67. The molecule has 0 aromatic carbocycles. The summed E-state index contributed by atoms with van der Waals surface area (Å²) in [6.45, 7) is 5.97.